The lowest BCUT2D eigenvalue weighted by Gasteiger charge is -2.15. The van der Waals surface area contributed by atoms with Crippen LogP contribution in [0.1, 0.15) is 17.2 Å². The van der Waals surface area contributed by atoms with Crippen molar-refractivity contribution in [3.05, 3.63) is 29.3 Å². The molecule has 0 radical (unpaired) electrons. The van der Waals surface area contributed by atoms with E-state index in [1.54, 1.807) is 6.92 Å². The summed E-state index contributed by atoms with van der Waals surface area (Å²) in [6, 6.07) is 1.47. The van der Waals surface area contributed by atoms with Crippen molar-refractivity contribution in [2.45, 2.75) is 19.1 Å². The number of pyridine rings is 1. The van der Waals surface area contributed by atoms with E-state index in [0.717, 1.165) is 0 Å². The number of rotatable bonds is 3. The monoisotopic (exact) mass is 263 g/mol. The lowest BCUT2D eigenvalue weighted by molar-refractivity contribution is 0.0339. The molecule has 1 aromatic heterocycles. The number of hydrogen-bond acceptors (Lipinski definition) is 3. The van der Waals surface area contributed by atoms with E-state index in [9.17, 15) is 14.6 Å². The molecule has 0 aromatic carbocycles. The summed E-state index contributed by atoms with van der Waals surface area (Å²) in [6.07, 6.45) is -0.735. The first-order valence-corrected chi connectivity index (χ1v) is 5.22. The van der Waals surface area contributed by atoms with Crippen LogP contribution in [0.2, 0.25) is 0 Å². The van der Waals surface area contributed by atoms with Gasteiger partial charge in [-0.1, -0.05) is 15.9 Å². The third kappa shape index (κ3) is 2.50. The van der Waals surface area contributed by atoms with Gasteiger partial charge in [-0.15, -0.1) is 0 Å². The van der Waals surface area contributed by atoms with Crippen LogP contribution in [0.25, 0.3) is 0 Å². The first kappa shape index (κ1) is 11.6. The van der Waals surface area contributed by atoms with Crippen LogP contribution in [-0.2, 0) is 0 Å². The molecule has 2 atom stereocenters. The number of aromatic nitrogens is 1. The molecule has 0 spiro atoms. The van der Waals surface area contributed by atoms with Crippen molar-refractivity contribution in [3.8, 4) is 0 Å². The van der Waals surface area contributed by atoms with Crippen molar-refractivity contribution in [1.82, 2.24) is 4.98 Å². The van der Waals surface area contributed by atoms with Crippen molar-refractivity contribution in [3.63, 3.8) is 0 Å². The van der Waals surface area contributed by atoms with Crippen LogP contribution in [0.4, 0.5) is 4.39 Å². The minimum Gasteiger partial charge on any atom is -0.389 e. The van der Waals surface area contributed by atoms with Gasteiger partial charge in [0.2, 0.25) is 5.95 Å². The Morgan fingerprint density at radius 3 is 2.71 bits per heavy atom. The SMILES string of the molecule is Cc1cc(C(O)C(O)CBr)cnc1F. The third-order valence-corrected chi connectivity index (χ3v) is 2.56. The summed E-state index contributed by atoms with van der Waals surface area (Å²) in [6.45, 7) is 1.55. The van der Waals surface area contributed by atoms with Crippen molar-refractivity contribution >= 4 is 15.9 Å². The molecule has 1 rings (SSSR count). The number of aliphatic hydroxyl groups is 2. The average molecular weight is 264 g/mol. The van der Waals surface area contributed by atoms with E-state index >= 15 is 0 Å². The minimum atomic E-state index is -1.04. The summed E-state index contributed by atoms with van der Waals surface area (Å²) >= 11 is 3.04. The highest BCUT2D eigenvalue weighted by Crippen LogP contribution is 2.19. The number of alkyl halides is 1. The van der Waals surface area contributed by atoms with Gasteiger partial charge in [-0.25, -0.2) is 4.98 Å². The molecule has 0 bridgehead atoms. The Kier molecular flexibility index (Phi) is 3.97. The predicted molar refractivity (Wildman–Crippen MR) is 53.7 cm³/mol. The second-order valence-corrected chi connectivity index (χ2v) is 3.69. The predicted octanol–water partition coefficient (Wildman–Crippen LogP) is 1.32. The highest BCUT2D eigenvalue weighted by molar-refractivity contribution is 9.09. The standard InChI is InChI=1S/C9H11BrFNO2/c1-5-2-6(4-12-9(5)11)8(14)7(13)3-10/h2,4,7-8,13-14H,3H2,1H3. The highest BCUT2D eigenvalue weighted by atomic mass is 79.9. The van der Waals surface area contributed by atoms with Crippen LogP contribution in [0.5, 0.6) is 0 Å². The van der Waals surface area contributed by atoms with Gasteiger partial charge in [0.15, 0.2) is 0 Å². The molecular weight excluding hydrogens is 253 g/mol. The topological polar surface area (TPSA) is 53.4 Å². The molecule has 0 aliphatic heterocycles. The Hall–Kier alpha value is -0.520. The van der Waals surface area contributed by atoms with Crippen LogP contribution < -0.4 is 0 Å². The third-order valence-electron chi connectivity index (χ3n) is 1.90. The van der Waals surface area contributed by atoms with E-state index in [1.807, 2.05) is 0 Å². The quantitative estimate of drug-likeness (QED) is 0.639. The molecule has 0 saturated heterocycles. The highest BCUT2D eigenvalue weighted by Gasteiger charge is 2.18. The number of aliphatic hydroxyl groups excluding tert-OH is 2. The van der Waals surface area contributed by atoms with Crippen molar-refractivity contribution in [1.29, 1.82) is 0 Å². The molecular formula is C9H11BrFNO2. The Morgan fingerprint density at radius 2 is 2.21 bits per heavy atom. The van der Waals surface area contributed by atoms with E-state index < -0.39 is 18.2 Å². The molecule has 0 fully saturated rings. The van der Waals surface area contributed by atoms with Crippen molar-refractivity contribution < 1.29 is 14.6 Å². The van der Waals surface area contributed by atoms with Gasteiger partial charge in [0, 0.05) is 22.7 Å². The zero-order valence-electron chi connectivity index (χ0n) is 7.61. The fourth-order valence-corrected chi connectivity index (χ4v) is 1.40. The molecule has 0 aliphatic carbocycles. The maximum absolute atomic E-state index is 12.8. The number of nitrogens with zero attached hydrogens (tertiary/aromatic N) is 1. The Balaban J connectivity index is 2.91. The van der Waals surface area contributed by atoms with E-state index in [-0.39, 0.29) is 5.33 Å². The first-order chi connectivity index (χ1) is 6.56. The van der Waals surface area contributed by atoms with E-state index in [4.69, 9.17) is 0 Å². The van der Waals surface area contributed by atoms with Crippen LogP contribution in [-0.4, -0.2) is 26.6 Å². The van der Waals surface area contributed by atoms with E-state index in [1.165, 1.54) is 12.3 Å². The molecule has 2 unspecified atom stereocenters. The van der Waals surface area contributed by atoms with Crippen LogP contribution >= 0.6 is 15.9 Å². The van der Waals surface area contributed by atoms with Gasteiger partial charge in [-0.3, -0.25) is 0 Å². The second-order valence-electron chi connectivity index (χ2n) is 3.04. The van der Waals surface area contributed by atoms with Gasteiger partial charge in [0.05, 0.1) is 6.10 Å². The minimum absolute atomic E-state index is 0.255. The number of aryl methyl sites for hydroxylation is 1. The van der Waals surface area contributed by atoms with Gasteiger partial charge in [0.1, 0.15) is 6.10 Å². The number of halogens is 2. The average Bonchev–Trinajstić information content (AvgIpc) is 2.20. The summed E-state index contributed by atoms with van der Waals surface area (Å²) in [7, 11) is 0. The second kappa shape index (κ2) is 4.82. The normalized spacial score (nSPS) is 15.2. The molecule has 3 nitrogen and oxygen atoms in total. The maximum Gasteiger partial charge on any atom is 0.215 e. The number of hydrogen-bond donors (Lipinski definition) is 2. The van der Waals surface area contributed by atoms with Crippen molar-refractivity contribution in [2.75, 3.05) is 5.33 Å². The van der Waals surface area contributed by atoms with Crippen LogP contribution in [0.15, 0.2) is 12.3 Å². The molecule has 14 heavy (non-hydrogen) atoms. The van der Waals surface area contributed by atoms with Gasteiger partial charge in [-0.05, 0) is 13.0 Å². The van der Waals surface area contributed by atoms with Gasteiger partial charge in [-0.2, -0.15) is 4.39 Å². The molecule has 78 valence electrons. The molecule has 0 saturated carbocycles. The summed E-state index contributed by atoms with van der Waals surface area (Å²) < 4.78 is 12.8. The fourth-order valence-electron chi connectivity index (χ4n) is 1.05. The summed E-state index contributed by atoms with van der Waals surface area (Å²) in [5.74, 6) is -0.561. The summed E-state index contributed by atoms with van der Waals surface area (Å²) in [5, 5.41) is 19.1. The smallest absolute Gasteiger partial charge is 0.215 e. The first-order valence-electron chi connectivity index (χ1n) is 4.10. The van der Waals surface area contributed by atoms with Crippen molar-refractivity contribution in [2.24, 2.45) is 0 Å². The van der Waals surface area contributed by atoms with Crippen LogP contribution in [0, 0.1) is 12.9 Å². The maximum atomic E-state index is 12.8. The van der Waals surface area contributed by atoms with E-state index in [0.29, 0.717) is 11.1 Å². The van der Waals surface area contributed by atoms with Gasteiger partial charge in [0.25, 0.3) is 0 Å². The lowest BCUT2D eigenvalue weighted by atomic mass is 10.1. The zero-order valence-corrected chi connectivity index (χ0v) is 9.20. The largest absolute Gasteiger partial charge is 0.389 e. The van der Waals surface area contributed by atoms with Crippen LogP contribution in [0.3, 0.4) is 0 Å². The molecule has 5 heteroatoms. The lowest BCUT2D eigenvalue weighted by Crippen LogP contribution is -2.19. The molecule has 2 N–H and O–H groups in total. The fraction of sp³-hybridized carbons (Fsp3) is 0.444. The summed E-state index contributed by atoms with van der Waals surface area (Å²) in [4.78, 5) is 3.46. The molecule has 0 amide bonds. The van der Waals surface area contributed by atoms with E-state index in [2.05, 4.69) is 20.9 Å². The molecule has 0 aliphatic rings. The molecule has 1 aromatic rings. The Bertz CT molecular complexity index is 322. The Labute approximate surface area is 89.7 Å². The zero-order chi connectivity index (χ0) is 10.7. The van der Waals surface area contributed by atoms with Gasteiger partial charge < -0.3 is 10.2 Å². The van der Waals surface area contributed by atoms with Gasteiger partial charge >= 0.3 is 0 Å². The Morgan fingerprint density at radius 1 is 1.57 bits per heavy atom. The molecule has 1 heterocycles. The summed E-state index contributed by atoms with van der Waals surface area (Å²) in [5.41, 5.74) is 0.763.